The Morgan fingerprint density at radius 2 is 1.93 bits per heavy atom. The summed E-state index contributed by atoms with van der Waals surface area (Å²) in [6.45, 7) is 0.566. The van der Waals surface area contributed by atoms with E-state index in [1.807, 2.05) is 6.07 Å². The van der Waals surface area contributed by atoms with Crippen LogP contribution >= 0.6 is 11.8 Å². The maximum atomic E-state index is 12.6. The molecule has 0 bridgehead atoms. The van der Waals surface area contributed by atoms with Crippen molar-refractivity contribution in [2.75, 3.05) is 6.61 Å². The molecule has 3 aliphatic rings. The van der Waals surface area contributed by atoms with Gasteiger partial charge in [0.25, 0.3) is 5.91 Å². The lowest BCUT2D eigenvalue weighted by Crippen LogP contribution is -2.66. The van der Waals surface area contributed by atoms with Crippen molar-refractivity contribution in [3.05, 3.63) is 23.4 Å². The Labute approximate surface area is 159 Å². The molecule has 9 heteroatoms. The predicted molar refractivity (Wildman–Crippen MR) is 96.0 cm³/mol. The summed E-state index contributed by atoms with van der Waals surface area (Å²) in [5.74, 6) is -0.185. The molecule has 8 nitrogen and oxygen atoms in total. The Balaban J connectivity index is 1.55. The second kappa shape index (κ2) is 6.63. The number of rotatable bonds is 8. The zero-order chi connectivity index (χ0) is 19.2. The lowest BCUT2D eigenvalue weighted by Gasteiger charge is -2.36. The first kappa shape index (κ1) is 18.0. The summed E-state index contributed by atoms with van der Waals surface area (Å²) in [5.41, 5.74) is 4.27. The molecule has 1 saturated heterocycles. The summed E-state index contributed by atoms with van der Waals surface area (Å²) in [4.78, 5) is 52.1. The molecule has 0 atom stereocenters. The Morgan fingerprint density at radius 1 is 1.22 bits per heavy atom. The monoisotopic (exact) mass is 389 g/mol. The van der Waals surface area contributed by atoms with Crippen LogP contribution in [0, 0.1) is 5.92 Å². The highest BCUT2D eigenvalue weighted by Gasteiger charge is 2.58. The van der Waals surface area contributed by atoms with Crippen molar-refractivity contribution in [3.8, 4) is 5.88 Å². The van der Waals surface area contributed by atoms with Crippen molar-refractivity contribution in [3.63, 3.8) is 0 Å². The van der Waals surface area contributed by atoms with Crippen molar-refractivity contribution >= 4 is 33.8 Å². The van der Waals surface area contributed by atoms with Crippen molar-refractivity contribution in [2.45, 2.75) is 43.6 Å². The van der Waals surface area contributed by atoms with Gasteiger partial charge in [-0.15, -0.1) is 0 Å². The van der Waals surface area contributed by atoms with E-state index in [9.17, 15) is 19.2 Å². The Hall–Kier alpha value is -2.42. The van der Waals surface area contributed by atoms with Crippen LogP contribution in [0.1, 0.15) is 54.1 Å². The van der Waals surface area contributed by atoms with E-state index in [0.717, 1.165) is 31.2 Å². The summed E-state index contributed by atoms with van der Waals surface area (Å²) < 4.78 is 5.83. The average Bonchev–Trinajstić information content (AvgIpc) is 3.53. The van der Waals surface area contributed by atoms with Crippen molar-refractivity contribution < 1.29 is 23.9 Å². The van der Waals surface area contributed by atoms with E-state index >= 15 is 0 Å². The Morgan fingerprint density at radius 3 is 2.48 bits per heavy atom. The smallest absolute Gasteiger partial charge is 0.271 e. The van der Waals surface area contributed by atoms with E-state index in [1.165, 1.54) is 0 Å². The van der Waals surface area contributed by atoms with E-state index in [0.29, 0.717) is 36.1 Å². The van der Waals surface area contributed by atoms with Gasteiger partial charge in [0.15, 0.2) is 5.54 Å². The van der Waals surface area contributed by atoms with Gasteiger partial charge >= 0.3 is 0 Å². The van der Waals surface area contributed by atoms with Gasteiger partial charge in [-0.05, 0) is 55.3 Å². The van der Waals surface area contributed by atoms with Crippen LogP contribution in [-0.4, -0.2) is 39.2 Å². The molecule has 2 aliphatic carbocycles. The number of amides is 2. The van der Waals surface area contributed by atoms with Crippen molar-refractivity contribution in [2.24, 2.45) is 11.7 Å². The zero-order valence-corrected chi connectivity index (χ0v) is 15.3. The number of aromatic nitrogens is 1. The van der Waals surface area contributed by atoms with Crippen LogP contribution in [-0.2, 0) is 14.4 Å². The fourth-order valence-corrected chi connectivity index (χ4v) is 3.78. The van der Waals surface area contributed by atoms with Gasteiger partial charge in [-0.2, -0.15) is 0 Å². The third-order valence-electron chi connectivity index (χ3n) is 4.94. The molecule has 0 aromatic carbocycles. The van der Waals surface area contributed by atoms with Crippen LogP contribution in [0.3, 0.4) is 0 Å². The number of carbonyl (C=O) groups is 4. The Kier molecular flexibility index (Phi) is 4.41. The third-order valence-corrected chi connectivity index (χ3v) is 6.01. The van der Waals surface area contributed by atoms with Gasteiger partial charge in [-0.3, -0.25) is 19.2 Å². The first-order valence-electron chi connectivity index (χ1n) is 8.90. The molecule has 3 fully saturated rings. The summed E-state index contributed by atoms with van der Waals surface area (Å²) in [7, 11) is 0. The minimum Gasteiger partial charge on any atom is -0.477 e. The van der Waals surface area contributed by atoms with Crippen molar-refractivity contribution in [1.82, 2.24) is 10.3 Å². The highest BCUT2D eigenvalue weighted by Crippen LogP contribution is 2.44. The molecular weight excluding hydrogens is 370 g/mol. The summed E-state index contributed by atoms with van der Waals surface area (Å²) in [6.07, 6.45) is 3.84. The molecule has 1 aliphatic heterocycles. The standard InChI is InChI=1S/C18H19N3O5S/c19-13(22)7-18(16(24)27-17(18)25)21-14(23)12-6-5-11(10-3-4-10)15(20-12)26-8-9-1-2-9/h5-6,9-10H,1-4,7-8H2,(H2,19,22)(H,21,23). The number of nitrogens with two attached hydrogens (primary N) is 1. The van der Waals surface area contributed by atoms with E-state index in [1.54, 1.807) is 6.07 Å². The van der Waals surface area contributed by atoms with Crippen LogP contribution in [0.15, 0.2) is 12.1 Å². The maximum Gasteiger partial charge on any atom is 0.271 e. The highest BCUT2D eigenvalue weighted by molar-refractivity contribution is 8.30. The second-order valence-electron chi connectivity index (χ2n) is 7.30. The van der Waals surface area contributed by atoms with E-state index in [2.05, 4.69) is 10.3 Å². The number of hydrogen-bond acceptors (Lipinski definition) is 7. The molecule has 0 spiro atoms. The van der Waals surface area contributed by atoms with Gasteiger partial charge < -0.3 is 15.8 Å². The van der Waals surface area contributed by atoms with Crippen LogP contribution in [0.5, 0.6) is 5.88 Å². The van der Waals surface area contributed by atoms with Crippen LogP contribution < -0.4 is 15.8 Å². The lowest BCUT2D eigenvalue weighted by molar-refractivity contribution is -0.134. The number of primary amides is 1. The quantitative estimate of drug-likeness (QED) is 0.632. The third kappa shape index (κ3) is 3.55. The molecule has 3 N–H and O–H groups in total. The summed E-state index contributed by atoms with van der Waals surface area (Å²) in [6, 6.07) is 3.35. The summed E-state index contributed by atoms with van der Waals surface area (Å²) in [5, 5.41) is 1.17. The predicted octanol–water partition coefficient (Wildman–Crippen LogP) is 0.892. The van der Waals surface area contributed by atoms with Crippen LogP contribution in [0.25, 0.3) is 0 Å². The molecule has 4 rings (SSSR count). The molecule has 2 saturated carbocycles. The minimum absolute atomic E-state index is 0.0338. The number of pyridine rings is 1. The number of ether oxygens (including phenoxy) is 1. The van der Waals surface area contributed by atoms with E-state index in [4.69, 9.17) is 10.5 Å². The van der Waals surface area contributed by atoms with E-state index < -0.39 is 34.0 Å². The van der Waals surface area contributed by atoms with Gasteiger partial charge in [-0.1, -0.05) is 6.07 Å². The summed E-state index contributed by atoms with van der Waals surface area (Å²) >= 11 is 0.460. The average molecular weight is 389 g/mol. The molecular formula is C18H19N3O5S. The second-order valence-corrected chi connectivity index (χ2v) is 8.24. The highest BCUT2D eigenvalue weighted by atomic mass is 32.2. The van der Waals surface area contributed by atoms with E-state index in [-0.39, 0.29) is 5.69 Å². The van der Waals surface area contributed by atoms with Crippen molar-refractivity contribution in [1.29, 1.82) is 0 Å². The van der Waals surface area contributed by atoms with Gasteiger partial charge in [0.05, 0.1) is 13.0 Å². The molecule has 0 unspecified atom stereocenters. The van der Waals surface area contributed by atoms with Gasteiger partial charge in [0, 0.05) is 5.56 Å². The number of hydrogen-bond donors (Lipinski definition) is 2. The van der Waals surface area contributed by atoms with Gasteiger partial charge in [0.2, 0.25) is 22.0 Å². The molecule has 27 heavy (non-hydrogen) atoms. The Bertz CT molecular complexity index is 833. The normalized spacial score (nSPS) is 20.7. The number of nitrogens with one attached hydrogen (secondary N) is 1. The molecule has 2 amide bonds. The molecule has 142 valence electrons. The number of carbonyl (C=O) groups excluding carboxylic acids is 4. The topological polar surface area (TPSA) is 128 Å². The molecule has 2 heterocycles. The first-order valence-corrected chi connectivity index (χ1v) is 9.72. The maximum absolute atomic E-state index is 12.6. The zero-order valence-electron chi connectivity index (χ0n) is 14.5. The fourth-order valence-electron chi connectivity index (χ4n) is 2.98. The molecule has 1 aromatic rings. The SMILES string of the molecule is NC(=O)CC1(NC(=O)c2ccc(C3CC3)c(OCC3CC3)n2)C(=O)SC1=O. The van der Waals surface area contributed by atoms with Crippen LogP contribution in [0.4, 0.5) is 0 Å². The molecule has 0 radical (unpaired) electrons. The molecule has 1 aromatic heterocycles. The van der Waals surface area contributed by atoms with Gasteiger partial charge in [0.1, 0.15) is 5.69 Å². The lowest BCUT2D eigenvalue weighted by atomic mass is 9.96. The van der Waals surface area contributed by atoms with Crippen LogP contribution in [0.2, 0.25) is 0 Å². The largest absolute Gasteiger partial charge is 0.477 e. The first-order chi connectivity index (χ1) is 12.9. The van der Waals surface area contributed by atoms with Gasteiger partial charge in [-0.25, -0.2) is 4.98 Å². The minimum atomic E-state index is -1.89. The number of thioether (sulfide) groups is 1. The fraction of sp³-hybridized carbons (Fsp3) is 0.500. The number of nitrogens with zero attached hydrogens (tertiary/aromatic N) is 1.